The minimum Gasteiger partial charge on any atom is -0.349 e. The summed E-state index contributed by atoms with van der Waals surface area (Å²) >= 11 is 0. The Bertz CT molecular complexity index is 676. The highest BCUT2D eigenvalue weighted by Gasteiger charge is 2.50. The van der Waals surface area contributed by atoms with E-state index in [1.807, 2.05) is 41.8 Å². The van der Waals surface area contributed by atoms with Crippen molar-refractivity contribution in [2.75, 3.05) is 27.2 Å². The van der Waals surface area contributed by atoms with Crippen LogP contribution >= 0.6 is 8.53 Å². The van der Waals surface area contributed by atoms with Crippen LogP contribution in [-0.4, -0.2) is 90.1 Å². The van der Waals surface area contributed by atoms with Crippen LogP contribution in [0.5, 0.6) is 0 Å². The largest absolute Gasteiger partial charge is 0.349 e. The maximum Gasteiger partial charge on any atom is 0.259 e. The molecule has 0 bridgehead atoms. The smallest absolute Gasteiger partial charge is 0.259 e. The second kappa shape index (κ2) is 12.5. The van der Waals surface area contributed by atoms with E-state index in [4.69, 9.17) is 15.2 Å². The zero-order valence-corrected chi connectivity index (χ0v) is 21.0. The van der Waals surface area contributed by atoms with Crippen molar-refractivity contribution in [2.45, 2.75) is 90.5 Å². The van der Waals surface area contributed by atoms with Crippen LogP contribution in [0.1, 0.15) is 55.2 Å². The molecule has 0 aromatic carbocycles. The molecule has 184 valence electrons. The fraction of sp³-hybridized carbons (Fsp3) is 0.818. The summed E-state index contributed by atoms with van der Waals surface area (Å²) in [5.41, 5.74) is 0. The first-order valence-corrected chi connectivity index (χ1v) is 12.3. The van der Waals surface area contributed by atoms with Crippen LogP contribution in [0.25, 0.3) is 0 Å². The zero-order chi connectivity index (χ0) is 24.7. The van der Waals surface area contributed by atoms with Crippen LogP contribution in [0.3, 0.4) is 0 Å². The molecule has 2 heterocycles. The van der Waals surface area contributed by atoms with Crippen LogP contribution in [-0.2, 0) is 23.4 Å². The average Bonchev–Trinajstić information content (AvgIpc) is 3.02. The number of hydrogen-bond acceptors (Lipinski definition) is 7. The van der Waals surface area contributed by atoms with Crippen molar-refractivity contribution in [1.82, 2.24) is 14.5 Å². The monoisotopic (exact) mass is 476 g/mol. The number of carbonyl (C=O) groups excluding carboxylic acids is 2. The molecule has 2 aliphatic rings. The molecule has 10 heteroatoms. The summed E-state index contributed by atoms with van der Waals surface area (Å²) in [5.74, 6) is -0.852. The number of nitrogens with zero attached hydrogens (tertiary/aromatic N) is 3. The van der Waals surface area contributed by atoms with Gasteiger partial charge in [0.1, 0.15) is 6.10 Å². The molecule has 2 rings (SSSR count). The highest BCUT2D eigenvalue weighted by atomic mass is 31.2. The molecule has 8 nitrogen and oxygen atoms in total. The van der Waals surface area contributed by atoms with Gasteiger partial charge in [0, 0.05) is 19.7 Å². The van der Waals surface area contributed by atoms with Crippen LogP contribution in [0.2, 0.25) is 0 Å². The molecule has 1 amide bonds. The lowest BCUT2D eigenvalue weighted by atomic mass is 10.1. The van der Waals surface area contributed by atoms with Gasteiger partial charge in [0.2, 0.25) is 5.91 Å². The molecule has 0 aromatic heterocycles. The van der Waals surface area contributed by atoms with Gasteiger partial charge in [-0.05, 0) is 74.2 Å². The van der Waals surface area contributed by atoms with Gasteiger partial charge in [-0.25, -0.2) is 9.06 Å². The Morgan fingerprint density at radius 1 is 1.28 bits per heavy atom. The lowest BCUT2D eigenvalue weighted by Crippen LogP contribution is -2.45. The normalized spacial score (nSPS) is 28.0. The summed E-state index contributed by atoms with van der Waals surface area (Å²) in [6.45, 7) is 9.34. The van der Waals surface area contributed by atoms with E-state index in [0.717, 1.165) is 24.3 Å². The van der Waals surface area contributed by atoms with Crippen LogP contribution in [0.4, 0.5) is 4.39 Å². The summed E-state index contributed by atoms with van der Waals surface area (Å²) < 4.78 is 43.6. The summed E-state index contributed by atoms with van der Waals surface area (Å²) in [6.07, 6.45) is -0.828. The third kappa shape index (κ3) is 7.27. The Hall–Kier alpha value is -0.960. The molecule has 1 fully saturated rings. The third-order valence-electron chi connectivity index (χ3n) is 5.24. The number of rotatable bonds is 12. The van der Waals surface area contributed by atoms with Crippen molar-refractivity contribution < 1.29 is 29.1 Å². The minimum absolute atomic E-state index is 0.0983. The van der Waals surface area contributed by atoms with Crippen LogP contribution in [0, 0.1) is 0 Å². The number of hydrogen-bond donors (Lipinski definition) is 0. The SMILES string of the molecule is [2H]CC1OC(N2C=CC(=O)CC2=O)C(F)C1OP(OCCCCN(C)C)N(C(C)C)C(C)C. The molecule has 1 saturated heterocycles. The van der Waals surface area contributed by atoms with Gasteiger partial charge in [0.25, 0.3) is 8.53 Å². The topological polar surface area (TPSA) is 71.5 Å². The predicted molar refractivity (Wildman–Crippen MR) is 122 cm³/mol. The molecule has 0 radical (unpaired) electrons. The summed E-state index contributed by atoms with van der Waals surface area (Å²) in [6, 6.07) is 0.197. The van der Waals surface area contributed by atoms with E-state index in [9.17, 15) is 9.59 Å². The van der Waals surface area contributed by atoms with E-state index in [0.29, 0.717) is 6.61 Å². The highest BCUT2D eigenvalue weighted by Crippen LogP contribution is 2.49. The van der Waals surface area contributed by atoms with Gasteiger partial charge in [0.05, 0.1) is 19.1 Å². The van der Waals surface area contributed by atoms with Crippen molar-refractivity contribution in [3.63, 3.8) is 0 Å². The Morgan fingerprint density at radius 2 is 1.97 bits per heavy atom. The van der Waals surface area contributed by atoms with E-state index in [2.05, 4.69) is 9.57 Å². The van der Waals surface area contributed by atoms with Crippen molar-refractivity contribution >= 4 is 20.2 Å². The quantitative estimate of drug-likeness (QED) is 0.243. The molecule has 32 heavy (non-hydrogen) atoms. The van der Waals surface area contributed by atoms with E-state index in [1.165, 1.54) is 12.3 Å². The minimum atomic E-state index is -1.68. The number of ether oxygens (including phenoxy) is 1. The first-order chi connectivity index (χ1) is 15.6. The first kappa shape index (κ1) is 25.7. The van der Waals surface area contributed by atoms with E-state index in [-0.39, 0.29) is 31.2 Å². The molecule has 0 aromatic rings. The number of carbonyl (C=O) groups is 2. The number of amides is 1. The Labute approximate surface area is 194 Å². The van der Waals surface area contributed by atoms with Crippen LogP contribution in [0.15, 0.2) is 12.3 Å². The van der Waals surface area contributed by atoms with Crippen molar-refractivity contribution in [3.05, 3.63) is 12.3 Å². The van der Waals surface area contributed by atoms with Crippen molar-refractivity contribution in [1.29, 1.82) is 0 Å². The Balaban J connectivity index is 2.15. The number of allylic oxidation sites excluding steroid dienone is 1. The molecule has 2 aliphatic heterocycles. The molecular formula is C22H39FN3O5P. The standard InChI is InChI=1S/C22H39FN3O5P/c1-15(2)26(16(3)4)32(29-13-9-8-11-24(6)7)31-21-17(5)30-22(20(21)23)25-12-10-18(27)14-19(25)28/h10,12,15-17,20-22H,8-9,11,13-14H2,1-7H3/i5D. The molecule has 0 spiro atoms. The Morgan fingerprint density at radius 3 is 2.53 bits per heavy atom. The summed E-state index contributed by atoms with van der Waals surface area (Å²) in [7, 11) is 2.42. The number of unbranched alkanes of at least 4 members (excludes halogenated alkanes) is 1. The van der Waals surface area contributed by atoms with Gasteiger partial charge >= 0.3 is 0 Å². The average molecular weight is 477 g/mol. The molecule has 5 atom stereocenters. The van der Waals surface area contributed by atoms with Gasteiger partial charge in [-0.15, -0.1) is 0 Å². The van der Waals surface area contributed by atoms with Crippen molar-refractivity contribution in [3.8, 4) is 0 Å². The van der Waals surface area contributed by atoms with Gasteiger partial charge in [-0.1, -0.05) is 0 Å². The molecule has 0 saturated carbocycles. The third-order valence-corrected chi connectivity index (χ3v) is 7.36. The van der Waals surface area contributed by atoms with E-state index < -0.39 is 39.0 Å². The summed E-state index contributed by atoms with van der Waals surface area (Å²) in [4.78, 5) is 27.0. The maximum absolute atomic E-state index is 15.6. The molecule has 0 N–H and O–H groups in total. The number of ketones is 1. The van der Waals surface area contributed by atoms with Gasteiger partial charge < -0.3 is 18.7 Å². The summed E-state index contributed by atoms with van der Waals surface area (Å²) in [5, 5.41) is 0. The van der Waals surface area contributed by atoms with Gasteiger partial charge in [-0.3, -0.25) is 14.5 Å². The maximum atomic E-state index is 15.6. The zero-order valence-electron chi connectivity index (χ0n) is 21.1. The lowest BCUT2D eigenvalue weighted by molar-refractivity contribution is -0.145. The van der Waals surface area contributed by atoms with Gasteiger partial charge in [0.15, 0.2) is 18.2 Å². The molecular weight excluding hydrogens is 436 g/mol. The first-order valence-electron chi connectivity index (χ1n) is 11.9. The fourth-order valence-electron chi connectivity index (χ4n) is 3.72. The highest BCUT2D eigenvalue weighted by molar-refractivity contribution is 7.44. The molecule has 5 unspecified atom stereocenters. The molecule has 0 aliphatic carbocycles. The Kier molecular flexibility index (Phi) is 10.0. The predicted octanol–water partition coefficient (Wildman–Crippen LogP) is 3.47. The second-order valence-electron chi connectivity index (χ2n) is 8.99. The van der Waals surface area contributed by atoms with Crippen molar-refractivity contribution in [2.24, 2.45) is 0 Å². The van der Waals surface area contributed by atoms with E-state index in [1.54, 1.807) is 0 Å². The van der Waals surface area contributed by atoms with Gasteiger partial charge in [-0.2, -0.15) is 0 Å². The van der Waals surface area contributed by atoms with Crippen LogP contribution < -0.4 is 0 Å². The number of halogens is 1. The second-order valence-corrected chi connectivity index (χ2v) is 10.4. The fourth-order valence-corrected chi connectivity index (χ4v) is 5.52. The number of alkyl halides is 1. The van der Waals surface area contributed by atoms with E-state index >= 15 is 4.39 Å². The lowest BCUT2D eigenvalue weighted by Gasteiger charge is -2.37.